The molecular formula is C26H25Cl2N5O4S. The fourth-order valence-electron chi connectivity index (χ4n) is 3.87. The first-order chi connectivity index (χ1) is 18.1. The molecule has 4 rings (SSSR count). The van der Waals surface area contributed by atoms with E-state index >= 15 is 0 Å². The molecule has 12 heteroatoms. The van der Waals surface area contributed by atoms with Gasteiger partial charge >= 0.3 is 0 Å². The van der Waals surface area contributed by atoms with Gasteiger partial charge in [0.05, 0.1) is 17.2 Å². The van der Waals surface area contributed by atoms with Crippen molar-refractivity contribution in [2.24, 2.45) is 15.2 Å². The predicted octanol–water partition coefficient (Wildman–Crippen LogP) is 3.37. The minimum Gasteiger partial charge on any atom is -0.383 e. The Morgan fingerprint density at radius 2 is 1.66 bits per heavy atom. The van der Waals surface area contributed by atoms with Crippen LogP contribution < -0.4 is 11.1 Å². The SMILES string of the molecule is NC(=O)C(O)CCN/C(=N/S(=O)(=O)c1ccc(Cl)cc1)N1CC(c2ccccc2)C(c2ccc(Cl)cc2)=N1. The van der Waals surface area contributed by atoms with E-state index in [0.29, 0.717) is 15.8 Å². The average molecular weight is 574 g/mol. The molecule has 0 aromatic heterocycles. The first kappa shape index (κ1) is 27.6. The average Bonchev–Trinajstić information content (AvgIpc) is 3.34. The quantitative estimate of drug-likeness (QED) is 0.279. The first-order valence-corrected chi connectivity index (χ1v) is 13.8. The normalized spacial score (nSPS) is 16.7. The first-order valence-electron chi connectivity index (χ1n) is 11.6. The maximum atomic E-state index is 13.2. The molecule has 3 aromatic rings. The third-order valence-electron chi connectivity index (χ3n) is 5.85. The van der Waals surface area contributed by atoms with Gasteiger partial charge < -0.3 is 16.2 Å². The van der Waals surface area contributed by atoms with Crippen LogP contribution in [0.15, 0.2) is 93.3 Å². The molecule has 38 heavy (non-hydrogen) atoms. The Hall–Kier alpha value is -3.44. The molecule has 1 heterocycles. The number of benzene rings is 3. The summed E-state index contributed by atoms with van der Waals surface area (Å²) in [4.78, 5) is 11.2. The van der Waals surface area contributed by atoms with Crippen LogP contribution in [0, 0.1) is 0 Å². The molecule has 1 aliphatic heterocycles. The lowest BCUT2D eigenvalue weighted by molar-refractivity contribution is -0.126. The second-order valence-corrected chi connectivity index (χ2v) is 11.0. The zero-order valence-electron chi connectivity index (χ0n) is 20.0. The minimum absolute atomic E-state index is 0.0113. The van der Waals surface area contributed by atoms with Gasteiger partial charge in [0, 0.05) is 22.5 Å². The van der Waals surface area contributed by atoms with Crippen LogP contribution in [-0.2, 0) is 14.8 Å². The fraction of sp³-hybridized carbons (Fsp3) is 0.192. The van der Waals surface area contributed by atoms with Crippen molar-refractivity contribution >= 4 is 50.8 Å². The number of hydrazone groups is 1. The molecule has 0 fully saturated rings. The van der Waals surface area contributed by atoms with Gasteiger partial charge in [-0.05, 0) is 53.9 Å². The Morgan fingerprint density at radius 3 is 2.26 bits per heavy atom. The van der Waals surface area contributed by atoms with Gasteiger partial charge in [-0.3, -0.25) is 4.79 Å². The Labute approximate surface area is 230 Å². The molecule has 198 valence electrons. The van der Waals surface area contributed by atoms with Crippen molar-refractivity contribution in [3.63, 3.8) is 0 Å². The van der Waals surface area contributed by atoms with Crippen LogP contribution in [0.2, 0.25) is 10.0 Å². The van der Waals surface area contributed by atoms with Crippen molar-refractivity contribution in [1.29, 1.82) is 0 Å². The number of primary amides is 1. The Morgan fingerprint density at radius 1 is 1.05 bits per heavy atom. The molecular weight excluding hydrogens is 549 g/mol. The minimum atomic E-state index is -4.17. The van der Waals surface area contributed by atoms with Crippen molar-refractivity contribution in [2.45, 2.75) is 23.3 Å². The van der Waals surface area contributed by atoms with Crippen molar-refractivity contribution in [3.8, 4) is 0 Å². The Balaban J connectivity index is 1.73. The van der Waals surface area contributed by atoms with Crippen molar-refractivity contribution in [3.05, 3.63) is 100 Å². The van der Waals surface area contributed by atoms with E-state index in [1.54, 1.807) is 12.1 Å². The van der Waals surface area contributed by atoms with E-state index in [0.717, 1.165) is 11.1 Å². The summed E-state index contributed by atoms with van der Waals surface area (Å²) >= 11 is 12.0. The lowest BCUT2D eigenvalue weighted by atomic mass is 9.91. The Kier molecular flexibility index (Phi) is 8.68. The molecule has 0 aliphatic carbocycles. The highest BCUT2D eigenvalue weighted by atomic mass is 35.5. The van der Waals surface area contributed by atoms with Crippen molar-refractivity contribution < 1.29 is 18.3 Å². The molecule has 1 aliphatic rings. The Bertz CT molecular complexity index is 1450. The second-order valence-electron chi connectivity index (χ2n) is 8.52. The van der Waals surface area contributed by atoms with Crippen LogP contribution in [0.4, 0.5) is 0 Å². The van der Waals surface area contributed by atoms with Crippen molar-refractivity contribution in [2.75, 3.05) is 13.1 Å². The maximum Gasteiger partial charge on any atom is 0.285 e. The third-order valence-corrected chi connectivity index (χ3v) is 7.63. The van der Waals surface area contributed by atoms with Crippen LogP contribution in [0.5, 0.6) is 0 Å². The monoisotopic (exact) mass is 573 g/mol. The van der Waals surface area contributed by atoms with Gasteiger partial charge in [0.15, 0.2) is 0 Å². The summed E-state index contributed by atoms with van der Waals surface area (Å²) in [5.74, 6) is -1.16. The lowest BCUT2D eigenvalue weighted by Gasteiger charge is -2.20. The molecule has 1 amide bonds. The number of aliphatic hydroxyl groups excluding tert-OH is 1. The molecule has 0 saturated carbocycles. The van der Waals surface area contributed by atoms with E-state index < -0.39 is 22.0 Å². The standard InChI is InChI=1S/C26H25Cl2N5O4S/c27-19-8-6-18(7-9-19)24-22(17-4-2-1-3-5-17)16-33(31-24)26(30-15-14-23(34)25(29)35)32-38(36,37)21-12-10-20(28)11-13-21/h1-13,22-23,34H,14-16H2,(H2,29,35)(H,30,32). The maximum absolute atomic E-state index is 13.2. The van der Waals surface area contributed by atoms with Crippen LogP contribution in [-0.4, -0.2) is 55.3 Å². The summed E-state index contributed by atoms with van der Waals surface area (Å²) < 4.78 is 30.4. The van der Waals surface area contributed by atoms with Gasteiger partial charge in [0.25, 0.3) is 10.0 Å². The molecule has 9 nitrogen and oxygen atoms in total. The smallest absolute Gasteiger partial charge is 0.285 e. The number of hydrogen-bond acceptors (Lipinski definition) is 5. The highest BCUT2D eigenvalue weighted by Gasteiger charge is 2.32. The second kappa shape index (κ2) is 12.0. The predicted molar refractivity (Wildman–Crippen MR) is 148 cm³/mol. The van der Waals surface area contributed by atoms with Crippen LogP contribution in [0.3, 0.4) is 0 Å². The number of hydrogen-bond donors (Lipinski definition) is 3. The summed E-state index contributed by atoms with van der Waals surface area (Å²) in [6.45, 7) is 0.291. The summed E-state index contributed by atoms with van der Waals surface area (Å²) in [7, 11) is -4.17. The number of aliphatic hydroxyl groups is 1. The summed E-state index contributed by atoms with van der Waals surface area (Å²) in [5, 5.41) is 19.9. The number of nitrogens with two attached hydrogens (primary N) is 1. The molecule has 3 aromatic carbocycles. The van der Waals surface area contributed by atoms with E-state index in [1.807, 2.05) is 42.5 Å². The molecule has 0 saturated heterocycles. The fourth-order valence-corrected chi connectivity index (χ4v) is 5.09. The third kappa shape index (κ3) is 6.70. The van der Waals surface area contributed by atoms with Gasteiger partial charge in [-0.1, -0.05) is 65.7 Å². The van der Waals surface area contributed by atoms with Crippen LogP contribution in [0.25, 0.3) is 0 Å². The largest absolute Gasteiger partial charge is 0.383 e. The summed E-state index contributed by atoms with van der Waals surface area (Å²) in [6.07, 6.45) is -1.46. The van der Waals surface area contributed by atoms with E-state index in [-0.39, 0.29) is 36.3 Å². The topological polar surface area (TPSA) is 137 Å². The van der Waals surface area contributed by atoms with E-state index in [9.17, 15) is 18.3 Å². The number of amides is 1. The number of carbonyl (C=O) groups excluding carboxylic acids is 1. The van der Waals surface area contributed by atoms with Crippen molar-refractivity contribution in [1.82, 2.24) is 10.3 Å². The van der Waals surface area contributed by atoms with Crippen LogP contribution >= 0.6 is 23.2 Å². The summed E-state index contributed by atoms with van der Waals surface area (Å²) in [6, 6.07) is 22.5. The number of nitrogens with one attached hydrogen (secondary N) is 1. The zero-order valence-corrected chi connectivity index (χ0v) is 22.4. The molecule has 0 bridgehead atoms. The van der Waals surface area contributed by atoms with Gasteiger partial charge in [-0.2, -0.15) is 13.5 Å². The number of guanidine groups is 1. The van der Waals surface area contributed by atoms with Gasteiger partial charge in [0.2, 0.25) is 11.9 Å². The highest BCUT2D eigenvalue weighted by Crippen LogP contribution is 2.30. The molecule has 0 radical (unpaired) electrons. The van der Waals surface area contributed by atoms with E-state index in [1.165, 1.54) is 29.3 Å². The number of rotatable bonds is 8. The number of sulfonamides is 1. The van der Waals surface area contributed by atoms with E-state index in [2.05, 4.69) is 9.71 Å². The summed E-state index contributed by atoms with van der Waals surface area (Å²) in [5.41, 5.74) is 7.64. The van der Waals surface area contributed by atoms with Crippen LogP contribution in [0.1, 0.15) is 23.5 Å². The molecule has 4 N–H and O–H groups in total. The van der Waals surface area contributed by atoms with Gasteiger partial charge in [-0.25, -0.2) is 5.01 Å². The van der Waals surface area contributed by atoms with Gasteiger partial charge in [0.1, 0.15) is 6.10 Å². The number of carbonyl (C=O) groups is 1. The molecule has 0 spiro atoms. The lowest BCUT2D eigenvalue weighted by Crippen LogP contribution is -2.41. The number of nitrogens with zero attached hydrogens (tertiary/aromatic N) is 3. The van der Waals surface area contributed by atoms with Gasteiger partial charge in [-0.15, -0.1) is 4.40 Å². The number of halogens is 2. The molecule has 2 atom stereocenters. The zero-order chi connectivity index (χ0) is 27.3. The van der Waals surface area contributed by atoms with E-state index in [4.69, 9.17) is 34.0 Å². The molecule has 2 unspecified atom stereocenters. The highest BCUT2D eigenvalue weighted by molar-refractivity contribution is 7.90.